The van der Waals surface area contributed by atoms with Crippen LogP contribution < -0.4 is 5.73 Å². The Kier molecular flexibility index (Phi) is 4.33. The molecular weight excluding hydrogens is 271 g/mol. The molecule has 2 N–H and O–H groups in total. The molecule has 0 saturated heterocycles. The number of non-ortho nitro benzene ring substituents is 1. The third kappa shape index (κ3) is 3.44. The molecule has 0 amide bonds. The first-order valence-corrected chi connectivity index (χ1v) is 6.73. The van der Waals surface area contributed by atoms with E-state index >= 15 is 0 Å². The molecule has 110 valence electrons. The highest BCUT2D eigenvalue weighted by Crippen LogP contribution is 2.28. The van der Waals surface area contributed by atoms with Crippen LogP contribution in [0.25, 0.3) is 0 Å². The van der Waals surface area contributed by atoms with Crippen molar-refractivity contribution in [1.82, 2.24) is 0 Å². The third-order valence-corrected chi connectivity index (χ3v) is 3.65. The molecule has 0 radical (unpaired) electrons. The summed E-state index contributed by atoms with van der Waals surface area (Å²) in [7, 11) is 0. The van der Waals surface area contributed by atoms with E-state index in [0.29, 0.717) is 18.4 Å². The zero-order chi connectivity index (χ0) is 15.5. The second kappa shape index (κ2) is 6.01. The van der Waals surface area contributed by atoms with Crippen LogP contribution in [-0.2, 0) is 12.0 Å². The molecule has 0 fully saturated rings. The van der Waals surface area contributed by atoms with E-state index in [1.54, 1.807) is 0 Å². The largest absolute Gasteiger partial charge is 0.321 e. The van der Waals surface area contributed by atoms with Crippen molar-refractivity contribution in [2.75, 3.05) is 0 Å². The molecule has 0 spiro atoms. The van der Waals surface area contributed by atoms with Crippen LogP contribution in [0.1, 0.15) is 24.5 Å². The Morgan fingerprint density at radius 1 is 1.24 bits per heavy atom. The molecule has 1 unspecified atom stereocenters. The van der Waals surface area contributed by atoms with Crippen LogP contribution in [0.3, 0.4) is 0 Å². The molecule has 0 heterocycles. The summed E-state index contributed by atoms with van der Waals surface area (Å²) < 4.78 is 13.5. The fourth-order valence-corrected chi connectivity index (χ4v) is 2.41. The van der Waals surface area contributed by atoms with Crippen LogP contribution in [0.2, 0.25) is 0 Å². The predicted octanol–water partition coefficient (Wildman–Crippen LogP) is 3.54. The topological polar surface area (TPSA) is 69.2 Å². The number of benzene rings is 2. The summed E-state index contributed by atoms with van der Waals surface area (Å²) in [5.41, 5.74) is 6.96. The van der Waals surface area contributed by atoms with Crippen LogP contribution >= 0.6 is 0 Å². The van der Waals surface area contributed by atoms with Crippen molar-refractivity contribution >= 4 is 5.69 Å². The number of hydrogen-bond donors (Lipinski definition) is 1. The van der Waals surface area contributed by atoms with E-state index in [1.807, 2.05) is 37.3 Å². The number of nitro benzene ring substituents is 1. The smallest absolute Gasteiger partial charge is 0.272 e. The maximum Gasteiger partial charge on any atom is 0.272 e. The zero-order valence-corrected chi connectivity index (χ0v) is 11.8. The van der Waals surface area contributed by atoms with Crippen LogP contribution in [-0.4, -0.2) is 4.92 Å². The van der Waals surface area contributed by atoms with E-state index in [2.05, 4.69) is 0 Å². The second-order valence-corrected chi connectivity index (χ2v) is 5.13. The van der Waals surface area contributed by atoms with Crippen molar-refractivity contribution in [3.63, 3.8) is 0 Å². The number of nitrogens with two attached hydrogens (primary N) is 1. The van der Waals surface area contributed by atoms with Gasteiger partial charge in [0.2, 0.25) is 0 Å². The summed E-state index contributed by atoms with van der Waals surface area (Å²) in [6.45, 7) is 1.95. The molecule has 0 aliphatic heterocycles. The number of rotatable bonds is 5. The lowest BCUT2D eigenvalue weighted by Gasteiger charge is -2.29. The van der Waals surface area contributed by atoms with Crippen LogP contribution in [0.15, 0.2) is 48.5 Å². The Labute approximate surface area is 122 Å². The van der Waals surface area contributed by atoms with Crippen molar-refractivity contribution in [3.8, 4) is 0 Å². The average molecular weight is 288 g/mol. The van der Waals surface area contributed by atoms with E-state index in [1.165, 1.54) is 12.1 Å². The average Bonchev–Trinajstić information content (AvgIpc) is 2.47. The lowest BCUT2D eigenvalue weighted by Crippen LogP contribution is -2.38. The summed E-state index contributed by atoms with van der Waals surface area (Å²) in [6, 6.07) is 13.1. The predicted molar refractivity (Wildman–Crippen MR) is 79.4 cm³/mol. The van der Waals surface area contributed by atoms with Crippen molar-refractivity contribution in [2.24, 2.45) is 5.73 Å². The van der Waals surface area contributed by atoms with Crippen molar-refractivity contribution < 1.29 is 9.31 Å². The molecule has 0 bridgehead atoms. The Morgan fingerprint density at radius 2 is 1.90 bits per heavy atom. The van der Waals surface area contributed by atoms with Gasteiger partial charge in [0.15, 0.2) is 0 Å². The minimum Gasteiger partial charge on any atom is -0.321 e. The zero-order valence-electron chi connectivity index (χ0n) is 11.8. The molecular formula is C16H17FN2O2. The van der Waals surface area contributed by atoms with Gasteiger partial charge >= 0.3 is 0 Å². The lowest BCUT2D eigenvalue weighted by atomic mass is 9.82. The van der Waals surface area contributed by atoms with Gasteiger partial charge in [0.1, 0.15) is 5.82 Å². The molecule has 2 rings (SSSR count). The Bertz CT molecular complexity index is 646. The normalized spacial score (nSPS) is 13.7. The summed E-state index contributed by atoms with van der Waals surface area (Å²) in [4.78, 5) is 10.2. The minimum atomic E-state index is -0.678. The number of hydrogen-bond acceptors (Lipinski definition) is 3. The van der Waals surface area contributed by atoms with Crippen LogP contribution in [0.4, 0.5) is 10.1 Å². The van der Waals surface area contributed by atoms with E-state index < -0.39 is 16.3 Å². The standard InChI is InChI=1S/C16H17FN2O2/c1-2-16(18,13-6-4-3-5-7-13)11-12-8-14(17)10-15(9-12)19(20)21/h3-10H,2,11,18H2,1H3. The molecule has 2 aromatic rings. The van der Waals surface area contributed by atoms with Crippen molar-refractivity contribution in [1.29, 1.82) is 0 Å². The molecule has 21 heavy (non-hydrogen) atoms. The molecule has 4 nitrogen and oxygen atoms in total. The first-order valence-electron chi connectivity index (χ1n) is 6.73. The summed E-state index contributed by atoms with van der Waals surface area (Å²) >= 11 is 0. The number of nitrogens with zero attached hydrogens (tertiary/aromatic N) is 1. The quantitative estimate of drug-likeness (QED) is 0.675. The summed E-state index contributed by atoms with van der Waals surface area (Å²) in [6.07, 6.45) is 0.980. The Morgan fingerprint density at radius 3 is 2.48 bits per heavy atom. The Hall–Kier alpha value is -2.27. The molecule has 2 aromatic carbocycles. The van der Waals surface area contributed by atoms with E-state index in [9.17, 15) is 14.5 Å². The van der Waals surface area contributed by atoms with E-state index in [-0.39, 0.29) is 5.69 Å². The molecule has 0 saturated carbocycles. The molecule has 5 heteroatoms. The van der Waals surface area contributed by atoms with Gasteiger partial charge < -0.3 is 5.73 Å². The van der Waals surface area contributed by atoms with E-state index in [4.69, 9.17) is 5.73 Å². The SMILES string of the molecule is CCC(N)(Cc1cc(F)cc([N+](=O)[O-])c1)c1ccccc1. The molecule has 0 aliphatic rings. The Balaban J connectivity index is 2.37. The summed E-state index contributed by atoms with van der Waals surface area (Å²) in [5, 5.41) is 10.8. The summed E-state index contributed by atoms with van der Waals surface area (Å²) in [5.74, 6) is -0.620. The monoisotopic (exact) mass is 288 g/mol. The van der Waals surface area contributed by atoms with Crippen LogP contribution in [0.5, 0.6) is 0 Å². The second-order valence-electron chi connectivity index (χ2n) is 5.13. The minimum absolute atomic E-state index is 0.253. The first-order chi connectivity index (χ1) is 9.94. The first kappa shape index (κ1) is 15.1. The number of halogens is 1. The lowest BCUT2D eigenvalue weighted by molar-refractivity contribution is -0.385. The van der Waals surface area contributed by atoms with Crippen molar-refractivity contribution in [3.05, 3.63) is 75.6 Å². The van der Waals surface area contributed by atoms with Gasteiger partial charge in [0.25, 0.3) is 5.69 Å². The van der Waals surface area contributed by atoms with Gasteiger partial charge in [-0.1, -0.05) is 37.3 Å². The van der Waals surface area contributed by atoms with Gasteiger partial charge in [0, 0.05) is 11.6 Å². The van der Waals surface area contributed by atoms with Gasteiger partial charge in [-0.15, -0.1) is 0 Å². The van der Waals surface area contributed by atoms with Gasteiger partial charge in [-0.2, -0.15) is 0 Å². The highest BCUT2D eigenvalue weighted by atomic mass is 19.1. The van der Waals surface area contributed by atoms with Crippen LogP contribution in [0, 0.1) is 15.9 Å². The van der Waals surface area contributed by atoms with Gasteiger partial charge in [-0.3, -0.25) is 10.1 Å². The fourth-order valence-electron chi connectivity index (χ4n) is 2.41. The maximum absolute atomic E-state index is 13.5. The highest BCUT2D eigenvalue weighted by Gasteiger charge is 2.26. The fraction of sp³-hybridized carbons (Fsp3) is 0.250. The number of nitro groups is 1. The van der Waals surface area contributed by atoms with E-state index in [0.717, 1.165) is 11.6 Å². The molecule has 0 aromatic heterocycles. The highest BCUT2D eigenvalue weighted by molar-refractivity contribution is 5.37. The van der Waals surface area contributed by atoms with Gasteiger partial charge in [0.05, 0.1) is 11.0 Å². The maximum atomic E-state index is 13.5. The van der Waals surface area contributed by atoms with Gasteiger partial charge in [-0.05, 0) is 30.0 Å². The third-order valence-electron chi connectivity index (χ3n) is 3.65. The van der Waals surface area contributed by atoms with Gasteiger partial charge in [-0.25, -0.2) is 4.39 Å². The molecule has 1 atom stereocenters. The van der Waals surface area contributed by atoms with Crippen molar-refractivity contribution in [2.45, 2.75) is 25.3 Å². The molecule has 0 aliphatic carbocycles.